The molecule has 0 saturated heterocycles. The molecule has 0 N–H and O–H groups in total. The Morgan fingerprint density at radius 1 is 0.692 bits per heavy atom. The average Bonchev–Trinajstić information content (AvgIpc) is 3.72. The van der Waals surface area contributed by atoms with Gasteiger partial charge in [0.1, 0.15) is 17.3 Å². The van der Waals surface area contributed by atoms with Crippen molar-refractivity contribution in [2.45, 2.75) is 93.9 Å². The zero-order chi connectivity index (χ0) is 36.8. The second-order valence-electron chi connectivity index (χ2n) is 15.7. The highest BCUT2D eigenvalue weighted by Gasteiger charge is 2.24. The second-order valence-corrected chi connectivity index (χ2v) is 15.7. The summed E-state index contributed by atoms with van der Waals surface area (Å²) in [6, 6.07) is 25.7. The van der Waals surface area contributed by atoms with Gasteiger partial charge in [-0.05, 0) is 145 Å². The van der Waals surface area contributed by atoms with Crippen molar-refractivity contribution in [2.75, 3.05) is 0 Å². The van der Waals surface area contributed by atoms with Gasteiger partial charge in [-0.25, -0.2) is 9.67 Å². The fourth-order valence-electron chi connectivity index (χ4n) is 8.03. The van der Waals surface area contributed by atoms with Crippen LogP contribution in [0.4, 0.5) is 0 Å². The van der Waals surface area contributed by atoms with Gasteiger partial charge in [-0.1, -0.05) is 59.7 Å². The van der Waals surface area contributed by atoms with Crippen LogP contribution < -0.4 is 4.74 Å². The zero-order valence-electron chi connectivity index (χ0n) is 32.5. The smallest absolute Gasteiger partial charge is 0.137 e. The van der Waals surface area contributed by atoms with Gasteiger partial charge < -0.3 is 4.74 Å². The predicted octanol–water partition coefficient (Wildman–Crippen LogP) is 12.9. The summed E-state index contributed by atoms with van der Waals surface area (Å²) in [5, 5.41) is 7.36. The number of hydrogen-bond acceptors (Lipinski definition) is 3. The molecule has 5 nitrogen and oxygen atoms in total. The van der Waals surface area contributed by atoms with Crippen LogP contribution in [0.15, 0.2) is 91.4 Å². The van der Waals surface area contributed by atoms with Gasteiger partial charge in [0.15, 0.2) is 0 Å². The summed E-state index contributed by atoms with van der Waals surface area (Å²) in [6.45, 7) is 22.8. The molecular formula is C47H52N4O. The third-order valence-corrected chi connectivity index (χ3v) is 10.7. The van der Waals surface area contributed by atoms with Gasteiger partial charge in [0.05, 0.1) is 22.9 Å². The van der Waals surface area contributed by atoms with Crippen molar-refractivity contribution >= 4 is 21.8 Å². The van der Waals surface area contributed by atoms with E-state index in [4.69, 9.17) is 14.8 Å². The number of aryl methyl sites for hydroxylation is 2. The van der Waals surface area contributed by atoms with Crippen molar-refractivity contribution in [2.24, 2.45) is 5.92 Å². The van der Waals surface area contributed by atoms with Crippen LogP contribution in [-0.4, -0.2) is 19.3 Å². The van der Waals surface area contributed by atoms with Crippen LogP contribution in [0.25, 0.3) is 44.4 Å². The number of para-hydroxylation sites is 1. The average molecular weight is 689 g/mol. The van der Waals surface area contributed by atoms with Crippen molar-refractivity contribution in [1.82, 2.24) is 19.3 Å². The van der Waals surface area contributed by atoms with Crippen LogP contribution >= 0.6 is 0 Å². The van der Waals surface area contributed by atoms with Gasteiger partial charge in [-0.2, -0.15) is 5.10 Å². The molecule has 3 aromatic heterocycles. The first kappa shape index (κ1) is 35.3. The number of rotatable bonds is 10. The lowest BCUT2D eigenvalue weighted by atomic mass is 9.78. The lowest BCUT2D eigenvalue weighted by molar-refractivity contribution is 0.481. The van der Waals surface area contributed by atoms with Crippen LogP contribution in [0.2, 0.25) is 0 Å². The summed E-state index contributed by atoms with van der Waals surface area (Å²) >= 11 is 0. The molecule has 0 amide bonds. The molecule has 0 saturated carbocycles. The first-order valence-electron chi connectivity index (χ1n) is 18.9. The van der Waals surface area contributed by atoms with E-state index in [9.17, 15) is 0 Å². The Morgan fingerprint density at radius 3 is 2.10 bits per heavy atom. The number of hydrogen-bond donors (Lipinski definition) is 0. The summed E-state index contributed by atoms with van der Waals surface area (Å²) in [5.41, 5.74) is 15.1. The maximum absolute atomic E-state index is 6.77. The number of fused-ring (bicyclic) bond motifs is 3. The van der Waals surface area contributed by atoms with Gasteiger partial charge in [0.2, 0.25) is 0 Å². The normalized spacial score (nSPS) is 11.9. The largest absolute Gasteiger partial charge is 0.457 e. The highest BCUT2D eigenvalue weighted by Crippen LogP contribution is 2.42. The third-order valence-electron chi connectivity index (χ3n) is 10.7. The Bertz CT molecular complexity index is 2390. The summed E-state index contributed by atoms with van der Waals surface area (Å²) < 4.78 is 11.0. The molecule has 0 atom stereocenters. The van der Waals surface area contributed by atoms with E-state index in [0.717, 1.165) is 52.4 Å². The molecule has 52 heavy (non-hydrogen) atoms. The summed E-state index contributed by atoms with van der Waals surface area (Å²) in [7, 11) is 0. The Labute approximate surface area is 309 Å². The van der Waals surface area contributed by atoms with E-state index < -0.39 is 0 Å². The highest BCUT2D eigenvalue weighted by atomic mass is 16.5. The molecule has 266 valence electrons. The van der Waals surface area contributed by atoms with Gasteiger partial charge >= 0.3 is 0 Å². The standard InChI is InChI=1S/C47H52N4O/c1-28(2)15-16-35-22-37(50-27-36(26-49-50)47-45(29(3)4)33(9)32(8)34(10)46(47)30(5)6)24-39(23-35)52-38-17-18-41-40-13-11-12-14-42(40)51(43(41)25-38)44-21-31(7)19-20-48-44/h11-14,17-30H,15-16H2,1-10H3. The first-order valence-corrected chi connectivity index (χ1v) is 18.9. The van der Waals surface area contributed by atoms with E-state index in [1.807, 2.05) is 16.9 Å². The van der Waals surface area contributed by atoms with E-state index in [1.54, 1.807) is 0 Å². The predicted molar refractivity (Wildman–Crippen MR) is 218 cm³/mol. The Hall–Kier alpha value is -5.16. The molecule has 0 fully saturated rings. The minimum atomic E-state index is 0.396. The molecule has 7 aromatic rings. The van der Waals surface area contributed by atoms with E-state index in [-0.39, 0.29) is 0 Å². The van der Waals surface area contributed by atoms with E-state index in [2.05, 4.69) is 153 Å². The number of ether oxygens (including phenoxy) is 1. The number of benzene rings is 4. The fourth-order valence-corrected chi connectivity index (χ4v) is 8.03. The van der Waals surface area contributed by atoms with Crippen LogP contribution in [0, 0.1) is 33.6 Å². The second kappa shape index (κ2) is 14.1. The Morgan fingerprint density at radius 2 is 1.40 bits per heavy atom. The molecule has 0 unspecified atom stereocenters. The Balaban J connectivity index is 1.33. The summed E-state index contributed by atoms with van der Waals surface area (Å²) in [6.07, 6.45) is 8.21. The zero-order valence-corrected chi connectivity index (χ0v) is 32.5. The molecule has 0 radical (unpaired) electrons. The highest BCUT2D eigenvalue weighted by molar-refractivity contribution is 6.09. The number of pyridine rings is 1. The quantitative estimate of drug-likeness (QED) is 0.144. The molecule has 4 aromatic carbocycles. The first-order chi connectivity index (χ1) is 24.9. The van der Waals surface area contributed by atoms with Crippen molar-refractivity contribution in [3.63, 3.8) is 0 Å². The molecule has 7 rings (SSSR count). The van der Waals surface area contributed by atoms with E-state index >= 15 is 0 Å². The maximum atomic E-state index is 6.77. The van der Waals surface area contributed by atoms with Gasteiger partial charge in [-0.15, -0.1) is 0 Å². The lowest BCUT2D eigenvalue weighted by Crippen LogP contribution is -2.08. The number of nitrogens with zero attached hydrogens (tertiary/aromatic N) is 4. The van der Waals surface area contributed by atoms with Crippen LogP contribution in [0.1, 0.15) is 98.7 Å². The van der Waals surface area contributed by atoms with E-state index in [0.29, 0.717) is 17.8 Å². The van der Waals surface area contributed by atoms with Crippen molar-refractivity contribution in [3.05, 3.63) is 130 Å². The van der Waals surface area contributed by atoms with Crippen molar-refractivity contribution < 1.29 is 4.74 Å². The van der Waals surface area contributed by atoms with Crippen molar-refractivity contribution in [3.8, 4) is 34.1 Å². The molecule has 0 spiro atoms. The molecule has 3 heterocycles. The van der Waals surface area contributed by atoms with Gasteiger partial charge in [0.25, 0.3) is 0 Å². The minimum Gasteiger partial charge on any atom is -0.457 e. The number of aromatic nitrogens is 4. The summed E-state index contributed by atoms with van der Waals surface area (Å²) in [4.78, 5) is 4.77. The fraction of sp³-hybridized carbons (Fsp3) is 0.319. The van der Waals surface area contributed by atoms with Crippen molar-refractivity contribution in [1.29, 1.82) is 0 Å². The Kier molecular flexibility index (Phi) is 9.56. The maximum Gasteiger partial charge on any atom is 0.137 e. The molecule has 0 aliphatic carbocycles. The third kappa shape index (κ3) is 6.53. The van der Waals surface area contributed by atoms with Gasteiger partial charge in [0, 0.05) is 40.9 Å². The lowest BCUT2D eigenvalue weighted by Gasteiger charge is -2.26. The summed E-state index contributed by atoms with van der Waals surface area (Å²) in [5.74, 6) is 3.87. The molecule has 0 aliphatic heterocycles. The van der Waals surface area contributed by atoms with Crippen LogP contribution in [0.3, 0.4) is 0 Å². The molecule has 0 aliphatic rings. The van der Waals surface area contributed by atoms with Crippen LogP contribution in [0.5, 0.6) is 11.5 Å². The minimum absolute atomic E-state index is 0.396. The molecule has 0 bridgehead atoms. The van der Waals surface area contributed by atoms with Crippen LogP contribution in [-0.2, 0) is 6.42 Å². The SMILES string of the molecule is Cc1ccnc(-n2c3ccccc3c3ccc(Oc4cc(CCC(C)C)cc(-n5cc(-c6c(C(C)C)c(C)c(C)c(C)c6C(C)C)cn5)c4)cc32)c1. The molecule has 5 heteroatoms. The molecular weight excluding hydrogens is 637 g/mol. The topological polar surface area (TPSA) is 44.9 Å². The van der Waals surface area contributed by atoms with Gasteiger partial charge in [-0.3, -0.25) is 4.57 Å². The van der Waals surface area contributed by atoms with E-state index in [1.165, 1.54) is 55.3 Å². The monoisotopic (exact) mass is 688 g/mol.